The van der Waals surface area contributed by atoms with Gasteiger partial charge in [-0.15, -0.1) is 0 Å². The number of benzene rings is 1. The molecule has 0 fully saturated rings. The Morgan fingerprint density at radius 1 is 1.39 bits per heavy atom. The summed E-state index contributed by atoms with van der Waals surface area (Å²) in [6, 6.07) is 5.34. The third-order valence-electron chi connectivity index (χ3n) is 2.52. The Kier molecular flexibility index (Phi) is 2.46. The molecule has 0 aliphatic carbocycles. The van der Waals surface area contributed by atoms with Crippen molar-refractivity contribution in [1.29, 1.82) is 0 Å². The highest BCUT2D eigenvalue weighted by Crippen LogP contribution is 2.32. The second-order valence-electron chi connectivity index (χ2n) is 3.66. The molecule has 3 N–H and O–H groups in total. The van der Waals surface area contributed by atoms with E-state index in [1.807, 2.05) is 6.07 Å². The molecule has 0 atom stereocenters. The molecule has 0 spiro atoms. The Hall–Kier alpha value is -1.73. The van der Waals surface area contributed by atoms with Crippen LogP contribution < -0.4 is 16.3 Å². The van der Waals surface area contributed by atoms with Gasteiger partial charge < -0.3 is 10.8 Å². The number of nitrogens with zero attached hydrogens (tertiary/aromatic N) is 2. The Morgan fingerprint density at radius 2 is 2.17 bits per heavy atom. The van der Waals surface area contributed by atoms with E-state index < -0.39 is 0 Å². The molecule has 0 radical (unpaired) electrons. The van der Waals surface area contributed by atoms with E-state index in [-0.39, 0.29) is 16.9 Å². The second kappa shape index (κ2) is 3.89. The minimum Gasteiger partial charge on any atom is -0.492 e. The molecule has 2 heterocycles. The standard InChI is InChI=1S/C11H6BrN3O2S/c12-4-1-2-5-6(3-4)14-9(16)7(5)8-10(17)15-11(13)18-8/h1-3,17H,(H2,13,15). The molecule has 1 aliphatic rings. The first kappa shape index (κ1) is 11.4. The predicted octanol–water partition coefficient (Wildman–Crippen LogP) is 0.552. The molecule has 0 unspecified atom stereocenters. The Bertz CT molecular complexity index is 797. The lowest BCUT2D eigenvalue weighted by Crippen LogP contribution is -2.22. The van der Waals surface area contributed by atoms with Crippen LogP contribution in [-0.2, 0) is 4.79 Å². The van der Waals surface area contributed by atoms with Crippen LogP contribution in [0.25, 0.3) is 5.57 Å². The van der Waals surface area contributed by atoms with Crippen molar-refractivity contribution in [3.63, 3.8) is 0 Å². The van der Waals surface area contributed by atoms with Gasteiger partial charge in [0.25, 0.3) is 5.91 Å². The van der Waals surface area contributed by atoms with Gasteiger partial charge in [0, 0.05) is 9.69 Å². The van der Waals surface area contributed by atoms with Gasteiger partial charge in [-0.3, -0.25) is 4.79 Å². The first-order chi connectivity index (χ1) is 8.56. The van der Waals surface area contributed by atoms with Gasteiger partial charge in [0.1, 0.15) is 4.88 Å². The van der Waals surface area contributed by atoms with E-state index in [0.29, 0.717) is 21.0 Å². The fraction of sp³-hybridized carbons (Fsp3) is 0. The van der Waals surface area contributed by atoms with Gasteiger partial charge in [-0.1, -0.05) is 33.3 Å². The quantitative estimate of drug-likeness (QED) is 0.802. The minimum atomic E-state index is -0.387. The third kappa shape index (κ3) is 1.63. The average molecular weight is 324 g/mol. The van der Waals surface area contributed by atoms with Crippen LogP contribution in [0.3, 0.4) is 0 Å². The van der Waals surface area contributed by atoms with E-state index in [1.165, 1.54) is 0 Å². The summed E-state index contributed by atoms with van der Waals surface area (Å²) in [6.45, 7) is 0. The fourth-order valence-electron chi connectivity index (χ4n) is 1.80. The fourth-order valence-corrected chi connectivity index (χ4v) is 2.93. The van der Waals surface area contributed by atoms with Crippen LogP contribution >= 0.6 is 27.3 Å². The largest absolute Gasteiger partial charge is 0.492 e. The number of aromatic nitrogens is 1. The highest BCUT2D eigenvalue weighted by Gasteiger charge is 2.24. The average Bonchev–Trinajstić information content (AvgIpc) is 2.77. The van der Waals surface area contributed by atoms with Crippen molar-refractivity contribution in [2.45, 2.75) is 0 Å². The molecule has 5 nitrogen and oxygen atoms in total. The number of rotatable bonds is 1. The van der Waals surface area contributed by atoms with Gasteiger partial charge >= 0.3 is 0 Å². The summed E-state index contributed by atoms with van der Waals surface area (Å²) in [5.74, 6) is -0.617. The van der Waals surface area contributed by atoms with Crippen molar-refractivity contribution < 1.29 is 9.90 Å². The number of carbonyl (C=O) groups excluding carboxylic acids is 1. The molecule has 1 aromatic carbocycles. The Balaban J connectivity index is 2.39. The SMILES string of the molecule is Nc1nc(O)c(C2=c3ccc(Br)cc3=NC2=O)s1. The predicted molar refractivity (Wildman–Crippen MR) is 70.6 cm³/mol. The van der Waals surface area contributed by atoms with E-state index in [1.54, 1.807) is 12.1 Å². The summed E-state index contributed by atoms with van der Waals surface area (Å²) in [7, 11) is 0. The molecular formula is C11H6BrN3O2S. The number of aromatic hydroxyl groups is 1. The zero-order valence-electron chi connectivity index (χ0n) is 8.85. The molecule has 1 aromatic heterocycles. The van der Waals surface area contributed by atoms with Gasteiger partial charge in [0.15, 0.2) is 5.13 Å². The van der Waals surface area contributed by atoms with Gasteiger partial charge in [0.05, 0.1) is 10.9 Å². The summed E-state index contributed by atoms with van der Waals surface area (Å²) in [4.78, 5) is 19.9. The van der Waals surface area contributed by atoms with Crippen LogP contribution in [0.5, 0.6) is 5.88 Å². The number of amides is 1. The normalized spacial score (nSPS) is 13.6. The van der Waals surface area contributed by atoms with E-state index in [2.05, 4.69) is 25.9 Å². The number of nitrogens with two attached hydrogens (primary N) is 1. The summed E-state index contributed by atoms with van der Waals surface area (Å²) in [6.07, 6.45) is 0. The molecule has 3 rings (SSSR count). The number of fused-ring (bicyclic) bond motifs is 1. The lowest BCUT2D eigenvalue weighted by Gasteiger charge is -1.95. The molecular weight excluding hydrogens is 318 g/mol. The molecule has 18 heavy (non-hydrogen) atoms. The van der Waals surface area contributed by atoms with Crippen molar-refractivity contribution in [3.8, 4) is 5.88 Å². The smallest absolute Gasteiger partial charge is 0.279 e. The summed E-state index contributed by atoms with van der Waals surface area (Å²) >= 11 is 4.39. The van der Waals surface area contributed by atoms with E-state index in [0.717, 1.165) is 15.8 Å². The first-order valence-electron chi connectivity index (χ1n) is 4.95. The van der Waals surface area contributed by atoms with Crippen molar-refractivity contribution in [2.75, 3.05) is 5.73 Å². The molecule has 90 valence electrons. The first-order valence-corrected chi connectivity index (χ1v) is 6.56. The molecule has 0 bridgehead atoms. The van der Waals surface area contributed by atoms with Crippen LogP contribution in [0.4, 0.5) is 5.13 Å². The maximum Gasteiger partial charge on any atom is 0.279 e. The van der Waals surface area contributed by atoms with Crippen molar-refractivity contribution in [3.05, 3.63) is 38.1 Å². The van der Waals surface area contributed by atoms with Gasteiger partial charge in [-0.25, -0.2) is 4.99 Å². The maximum absolute atomic E-state index is 11.9. The maximum atomic E-state index is 11.9. The van der Waals surface area contributed by atoms with E-state index >= 15 is 0 Å². The zero-order chi connectivity index (χ0) is 12.9. The molecule has 2 aromatic rings. The number of carbonyl (C=O) groups is 1. The number of hydrogen-bond acceptors (Lipinski definition) is 5. The number of anilines is 1. The summed E-state index contributed by atoms with van der Waals surface area (Å²) in [5, 5.41) is 11.2. The molecule has 1 amide bonds. The second-order valence-corrected chi connectivity index (χ2v) is 5.60. The van der Waals surface area contributed by atoms with Crippen LogP contribution in [0.2, 0.25) is 0 Å². The lowest BCUT2D eigenvalue weighted by molar-refractivity contribution is -0.112. The van der Waals surface area contributed by atoms with Gasteiger partial charge in [-0.2, -0.15) is 4.98 Å². The van der Waals surface area contributed by atoms with Crippen molar-refractivity contribution >= 4 is 43.9 Å². The van der Waals surface area contributed by atoms with Crippen LogP contribution in [0, 0.1) is 0 Å². The van der Waals surface area contributed by atoms with E-state index in [4.69, 9.17) is 5.73 Å². The van der Waals surface area contributed by atoms with Crippen molar-refractivity contribution in [1.82, 2.24) is 4.98 Å². The van der Waals surface area contributed by atoms with Gasteiger partial charge in [-0.05, 0) is 12.1 Å². The monoisotopic (exact) mass is 323 g/mol. The number of halogens is 1. The molecule has 0 saturated heterocycles. The summed E-state index contributed by atoms with van der Waals surface area (Å²) in [5.41, 5.74) is 5.87. The van der Waals surface area contributed by atoms with Crippen LogP contribution in [0.15, 0.2) is 27.7 Å². The zero-order valence-corrected chi connectivity index (χ0v) is 11.2. The minimum absolute atomic E-state index is 0.216. The lowest BCUT2D eigenvalue weighted by atomic mass is 10.1. The Morgan fingerprint density at radius 3 is 2.83 bits per heavy atom. The highest BCUT2D eigenvalue weighted by atomic mass is 79.9. The molecule has 7 heteroatoms. The van der Waals surface area contributed by atoms with Crippen LogP contribution in [0.1, 0.15) is 4.88 Å². The molecule has 1 aliphatic heterocycles. The Labute approximate surface area is 113 Å². The third-order valence-corrected chi connectivity index (χ3v) is 3.90. The van der Waals surface area contributed by atoms with E-state index in [9.17, 15) is 9.90 Å². The van der Waals surface area contributed by atoms with Crippen LogP contribution in [-0.4, -0.2) is 16.0 Å². The molecule has 0 saturated carbocycles. The number of hydrogen-bond donors (Lipinski definition) is 2. The van der Waals surface area contributed by atoms with Gasteiger partial charge in [0.2, 0.25) is 5.88 Å². The number of thiazole rings is 1. The van der Waals surface area contributed by atoms with Crippen molar-refractivity contribution in [2.24, 2.45) is 4.99 Å². The summed E-state index contributed by atoms with van der Waals surface area (Å²) < 4.78 is 0.840. The number of nitrogen functional groups attached to an aromatic ring is 1. The highest BCUT2D eigenvalue weighted by molar-refractivity contribution is 9.10. The topological polar surface area (TPSA) is 88.6 Å².